The number of nitrogens with zero attached hydrogens (tertiary/aromatic N) is 1. The Hall–Kier alpha value is -2.56. The molecule has 0 spiro atoms. The van der Waals surface area contributed by atoms with Crippen molar-refractivity contribution < 1.29 is 18.7 Å². The second kappa shape index (κ2) is 7.13. The van der Waals surface area contributed by atoms with Gasteiger partial charge in [-0.1, -0.05) is 18.2 Å². The maximum Gasteiger partial charge on any atom is 0.254 e. The van der Waals surface area contributed by atoms with Crippen LogP contribution in [0.4, 0.5) is 4.39 Å². The highest BCUT2D eigenvalue weighted by Crippen LogP contribution is 2.29. The summed E-state index contributed by atoms with van der Waals surface area (Å²) >= 11 is 0. The first-order valence-corrected chi connectivity index (χ1v) is 7.23. The Morgan fingerprint density at radius 1 is 1.09 bits per heavy atom. The maximum atomic E-state index is 13.8. The predicted octanol–water partition coefficient (Wildman–Crippen LogP) is 3.68. The highest BCUT2D eigenvalue weighted by atomic mass is 19.1. The van der Waals surface area contributed by atoms with Crippen molar-refractivity contribution in [2.75, 3.05) is 21.3 Å². The van der Waals surface area contributed by atoms with Crippen molar-refractivity contribution in [2.45, 2.75) is 13.0 Å². The summed E-state index contributed by atoms with van der Waals surface area (Å²) in [4.78, 5) is 14.1. The number of ether oxygens (including phenoxy) is 2. The summed E-state index contributed by atoms with van der Waals surface area (Å²) in [5, 5.41) is 0. The molecular formula is C18H20FNO3. The van der Waals surface area contributed by atoms with Gasteiger partial charge in [-0.25, -0.2) is 4.39 Å². The van der Waals surface area contributed by atoms with Crippen molar-refractivity contribution in [2.24, 2.45) is 0 Å². The van der Waals surface area contributed by atoms with Crippen molar-refractivity contribution in [3.05, 3.63) is 59.4 Å². The van der Waals surface area contributed by atoms with Gasteiger partial charge < -0.3 is 14.4 Å². The average molecular weight is 317 g/mol. The van der Waals surface area contributed by atoms with Gasteiger partial charge in [-0.15, -0.1) is 0 Å². The Kier molecular flexibility index (Phi) is 5.21. The number of benzene rings is 2. The normalized spacial score (nSPS) is 11.7. The van der Waals surface area contributed by atoms with Crippen LogP contribution in [0.1, 0.15) is 28.9 Å². The molecule has 0 radical (unpaired) electrons. The Bertz CT molecular complexity index is 702. The van der Waals surface area contributed by atoms with Gasteiger partial charge in [-0.2, -0.15) is 0 Å². The number of para-hydroxylation sites is 1. The molecule has 23 heavy (non-hydrogen) atoms. The molecule has 0 aliphatic carbocycles. The third-order valence-corrected chi connectivity index (χ3v) is 3.89. The largest absolute Gasteiger partial charge is 0.496 e. The van der Waals surface area contributed by atoms with E-state index in [-0.39, 0.29) is 23.3 Å². The molecule has 0 saturated carbocycles. The minimum atomic E-state index is -0.559. The fraction of sp³-hybridized carbons (Fsp3) is 0.278. The third kappa shape index (κ3) is 3.44. The molecular weight excluding hydrogens is 297 g/mol. The molecule has 0 saturated heterocycles. The Morgan fingerprint density at radius 2 is 1.74 bits per heavy atom. The lowest BCUT2D eigenvalue weighted by Crippen LogP contribution is -2.30. The molecule has 122 valence electrons. The summed E-state index contributed by atoms with van der Waals surface area (Å²) in [5.74, 6) is -0.0100. The van der Waals surface area contributed by atoms with Crippen LogP contribution in [0, 0.1) is 5.82 Å². The number of hydrogen-bond acceptors (Lipinski definition) is 3. The number of carbonyl (C=O) groups excluding carboxylic acids is 1. The number of methoxy groups -OCH3 is 2. The zero-order chi connectivity index (χ0) is 17.0. The number of halogens is 1. The number of amides is 1. The lowest BCUT2D eigenvalue weighted by atomic mass is 10.0. The van der Waals surface area contributed by atoms with Gasteiger partial charge in [0.25, 0.3) is 5.91 Å². The van der Waals surface area contributed by atoms with E-state index in [0.717, 1.165) is 5.56 Å². The first-order chi connectivity index (χ1) is 11.0. The van der Waals surface area contributed by atoms with E-state index in [4.69, 9.17) is 9.47 Å². The van der Waals surface area contributed by atoms with Gasteiger partial charge in [0.2, 0.25) is 0 Å². The molecule has 0 aliphatic heterocycles. The molecule has 1 unspecified atom stereocenters. The topological polar surface area (TPSA) is 38.8 Å². The fourth-order valence-corrected chi connectivity index (χ4v) is 2.40. The number of rotatable bonds is 5. The summed E-state index contributed by atoms with van der Waals surface area (Å²) in [6.07, 6.45) is 0. The van der Waals surface area contributed by atoms with Gasteiger partial charge in [0.1, 0.15) is 5.75 Å². The lowest BCUT2D eigenvalue weighted by molar-refractivity contribution is 0.0740. The number of carbonyl (C=O) groups is 1. The molecule has 0 heterocycles. The van der Waals surface area contributed by atoms with E-state index in [1.54, 1.807) is 25.1 Å². The van der Waals surface area contributed by atoms with Gasteiger partial charge >= 0.3 is 0 Å². The van der Waals surface area contributed by atoms with Crippen molar-refractivity contribution in [3.63, 3.8) is 0 Å². The smallest absolute Gasteiger partial charge is 0.254 e. The fourth-order valence-electron chi connectivity index (χ4n) is 2.40. The van der Waals surface area contributed by atoms with E-state index in [1.165, 1.54) is 19.2 Å². The highest BCUT2D eigenvalue weighted by Gasteiger charge is 2.22. The average Bonchev–Trinajstić information content (AvgIpc) is 2.59. The zero-order valence-electron chi connectivity index (χ0n) is 13.7. The summed E-state index contributed by atoms with van der Waals surface area (Å²) in [5.41, 5.74) is 1.16. The molecule has 1 atom stereocenters. The molecule has 0 fully saturated rings. The monoisotopic (exact) mass is 317 g/mol. The van der Waals surface area contributed by atoms with E-state index in [9.17, 15) is 9.18 Å². The molecule has 0 aromatic heterocycles. The Morgan fingerprint density at radius 3 is 2.35 bits per heavy atom. The van der Waals surface area contributed by atoms with Crippen molar-refractivity contribution in [1.29, 1.82) is 0 Å². The van der Waals surface area contributed by atoms with Crippen LogP contribution in [0.3, 0.4) is 0 Å². The highest BCUT2D eigenvalue weighted by molar-refractivity contribution is 5.94. The second-order valence-corrected chi connectivity index (χ2v) is 5.18. The minimum Gasteiger partial charge on any atom is -0.496 e. The summed E-state index contributed by atoms with van der Waals surface area (Å²) in [6, 6.07) is 11.5. The molecule has 5 heteroatoms. The number of hydrogen-bond donors (Lipinski definition) is 0. The van der Waals surface area contributed by atoms with Crippen LogP contribution in [0.15, 0.2) is 42.5 Å². The Labute approximate surface area is 135 Å². The summed E-state index contributed by atoms with van der Waals surface area (Å²) in [7, 11) is 4.66. The molecule has 2 rings (SSSR count). The van der Waals surface area contributed by atoms with Crippen LogP contribution in [0.5, 0.6) is 11.5 Å². The van der Waals surface area contributed by atoms with Crippen LogP contribution < -0.4 is 9.47 Å². The van der Waals surface area contributed by atoms with Crippen LogP contribution >= 0.6 is 0 Å². The first-order valence-electron chi connectivity index (χ1n) is 7.23. The molecule has 2 aromatic carbocycles. The molecule has 0 bridgehead atoms. The van der Waals surface area contributed by atoms with Gasteiger partial charge in [0.05, 0.1) is 20.3 Å². The second-order valence-electron chi connectivity index (χ2n) is 5.18. The van der Waals surface area contributed by atoms with E-state index in [2.05, 4.69) is 0 Å². The molecule has 2 aromatic rings. The van der Waals surface area contributed by atoms with Gasteiger partial charge in [-0.3, -0.25) is 4.79 Å². The molecule has 0 N–H and O–H groups in total. The maximum absolute atomic E-state index is 13.8. The van der Waals surface area contributed by atoms with Gasteiger partial charge in [-0.05, 0) is 31.2 Å². The SMILES string of the molecule is COc1ccc(C(=O)N(C)C(C)c2ccccc2OC)cc1F. The summed E-state index contributed by atoms with van der Waals surface area (Å²) in [6.45, 7) is 1.90. The van der Waals surface area contributed by atoms with E-state index in [1.807, 2.05) is 31.2 Å². The predicted molar refractivity (Wildman–Crippen MR) is 86.5 cm³/mol. The van der Waals surface area contributed by atoms with Crippen LogP contribution in [0.2, 0.25) is 0 Å². The third-order valence-electron chi connectivity index (χ3n) is 3.89. The van der Waals surface area contributed by atoms with Gasteiger partial charge in [0.15, 0.2) is 11.6 Å². The van der Waals surface area contributed by atoms with Gasteiger partial charge in [0, 0.05) is 18.2 Å². The van der Waals surface area contributed by atoms with Crippen LogP contribution in [-0.4, -0.2) is 32.1 Å². The molecule has 4 nitrogen and oxygen atoms in total. The quantitative estimate of drug-likeness (QED) is 0.844. The van der Waals surface area contributed by atoms with Crippen molar-refractivity contribution in [1.82, 2.24) is 4.90 Å². The zero-order valence-corrected chi connectivity index (χ0v) is 13.7. The van der Waals surface area contributed by atoms with Crippen molar-refractivity contribution >= 4 is 5.91 Å². The van der Waals surface area contributed by atoms with Crippen LogP contribution in [-0.2, 0) is 0 Å². The van der Waals surface area contributed by atoms with E-state index in [0.29, 0.717) is 5.75 Å². The van der Waals surface area contributed by atoms with E-state index < -0.39 is 5.82 Å². The molecule has 0 aliphatic rings. The standard InChI is InChI=1S/C18H20FNO3/c1-12(14-7-5-6-8-16(14)22-3)20(2)18(21)13-9-10-17(23-4)15(19)11-13/h5-12H,1-4H3. The van der Waals surface area contributed by atoms with Crippen LogP contribution in [0.25, 0.3) is 0 Å². The summed E-state index contributed by atoms with van der Waals surface area (Å²) < 4.78 is 24.0. The lowest BCUT2D eigenvalue weighted by Gasteiger charge is -2.26. The van der Waals surface area contributed by atoms with Crippen molar-refractivity contribution in [3.8, 4) is 11.5 Å². The Balaban J connectivity index is 2.26. The van der Waals surface area contributed by atoms with E-state index >= 15 is 0 Å². The molecule has 1 amide bonds. The minimum absolute atomic E-state index is 0.113. The first kappa shape index (κ1) is 16.8.